The van der Waals surface area contributed by atoms with Crippen LogP contribution in [0.1, 0.15) is 57.3 Å². The minimum absolute atomic E-state index is 0.239. The Labute approximate surface area is 149 Å². The van der Waals surface area contributed by atoms with Gasteiger partial charge in [-0.1, -0.05) is 6.07 Å². The Kier molecular flexibility index (Phi) is 5.60. The lowest BCUT2D eigenvalue weighted by Gasteiger charge is -2.45. The van der Waals surface area contributed by atoms with Gasteiger partial charge in [-0.2, -0.15) is 0 Å². The molecule has 2 rings (SSSR count). The van der Waals surface area contributed by atoms with Gasteiger partial charge in [0.25, 0.3) is 5.91 Å². The van der Waals surface area contributed by atoms with Gasteiger partial charge in [-0.25, -0.2) is 4.79 Å². The SMILES string of the molecule is COc1cccc(C(=O)NC2(C)CCCCN2C(=O)OC(C)(C)C)c1. The molecular formula is C19H28N2O4. The molecule has 0 aromatic heterocycles. The van der Waals surface area contributed by atoms with Gasteiger partial charge in [-0.05, 0) is 65.2 Å². The van der Waals surface area contributed by atoms with E-state index in [0.29, 0.717) is 24.3 Å². The summed E-state index contributed by atoms with van der Waals surface area (Å²) >= 11 is 0. The summed E-state index contributed by atoms with van der Waals surface area (Å²) < 4.78 is 10.7. The van der Waals surface area contributed by atoms with E-state index in [0.717, 1.165) is 12.8 Å². The van der Waals surface area contributed by atoms with Crippen LogP contribution >= 0.6 is 0 Å². The van der Waals surface area contributed by atoms with Crippen molar-refractivity contribution >= 4 is 12.0 Å². The molecule has 25 heavy (non-hydrogen) atoms. The monoisotopic (exact) mass is 348 g/mol. The fraction of sp³-hybridized carbons (Fsp3) is 0.579. The maximum Gasteiger partial charge on any atom is 0.412 e. The normalized spacial score (nSPS) is 20.8. The zero-order valence-corrected chi connectivity index (χ0v) is 15.7. The topological polar surface area (TPSA) is 67.9 Å². The molecule has 1 aromatic rings. The van der Waals surface area contributed by atoms with Crippen LogP contribution in [-0.4, -0.2) is 41.8 Å². The number of piperidine rings is 1. The van der Waals surface area contributed by atoms with Crippen LogP contribution in [0.25, 0.3) is 0 Å². The van der Waals surface area contributed by atoms with E-state index in [1.165, 1.54) is 0 Å². The highest BCUT2D eigenvalue weighted by atomic mass is 16.6. The van der Waals surface area contributed by atoms with Crippen molar-refractivity contribution in [2.24, 2.45) is 0 Å². The lowest BCUT2D eigenvalue weighted by molar-refractivity contribution is -0.0187. The van der Waals surface area contributed by atoms with Crippen LogP contribution in [0.3, 0.4) is 0 Å². The first-order valence-corrected chi connectivity index (χ1v) is 8.62. The van der Waals surface area contributed by atoms with Crippen LogP contribution in [0, 0.1) is 0 Å². The second-order valence-corrected chi connectivity index (χ2v) is 7.55. The first kappa shape index (κ1) is 19.1. The zero-order chi connectivity index (χ0) is 18.7. The van der Waals surface area contributed by atoms with Crippen LogP contribution in [-0.2, 0) is 4.74 Å². The minimum atomic E-state index is -0.777. The summed E-state index contributed by atoms with van der Waals surface area (Å²) in [6.45, 7) is 7.93. The van der Waals surface area contributed by atoms with Gasteiger partial charge < -0.3 is 14.8 Å². The van der Waals surface area contributed by atoms with Crippen LogP contribution in [0.15, 0.2) is 24.3 Å². The van der Waals surface area contributed by atoms with Gasteiger partial charge in [-0.15, -0.1) is 0 Å². The molecule has 0 aliphatic carbocycles. The van der Waals surface area contributed by atoms with E-state index in [1.54, 1.807) is 36.3 Å². The molecule has 1 unspecified atom stereocenters. The number of hydrogen-bond donors (Lipinski definition) is 1. The Hall–Kier alpha value is -2.24. The van der Waals surface area contributed by atoms with Crippen LogP contribution in [0.4, 0.5) is 4.79 Å². The van der Waals surface area contributed by atoms with E-state index < -0.39 is 17.4 Å². The van der Waals surface area contributed by atoms with Gasteiger partial charge in [0.15, 0.2) is 0 Å². The third-order valence-corrected chi connectivity index (χ3v) is 4.22. The molecular weight excluding hydrogens is 320 g/mol. The Bertz CT molecular complexity index is 639. The molecule has 0 bridgehead atoms. The lowest BCUT2D eigenvalue weighted by Crippen LogP contribution is -2.63. The summed E-state index contributed by atoms with van der Waals surface area (Å²) in [7, 11) is 1.56. The van der Waals surface area contributed by atoms with Crippen LogP contribution in [0.5, 0.6) is 5.75 Å². The van der Waals surface area contributed by atoms with E-state index >= 15 is 0 Å². The van der Waals surface area contributed by atoms with Gasteiger partial charge in [-0.3, -0.25) is 9.69 Å². The zero-order valence-electron chi connectivity index (χ0n) is 15.7. The van der Waals surface area contributed by atoms with Gasteiger partial charge in [0.1, 0.15) is 17.0 Å². The van der Waals surface area contributed by atoms with E-state index in [1.807, 2.05) is 27.7 Å². The summed E-state index contributed by atoms with van der Waals surface area (Å²) in [5, 5.41) is 3.01. The highest BCUT2D eigenvalue weighted by molar-refractivity contribution is 5.95. The molecule has 1 aliphatic heterocycles. The van der Waals surface area contributed by atoms with Crippen LogP contribution in [0.2, 0.25) is 0 Å². The summed E-state index contributed by atoms with van der Waals surface area (Å²) in [4.78, 5) is 26.9. The fourth-order valence-electron chi connectivity index (χ4n) is 2.94. The van der Waals surface area contributed by atoms with Crippen molar-refractivity contribution in [1.82, 2.24) is 10.2 Å². The minimum Gasteiger partial charge on any atom is -0.497 e. The van der Waals surface area contributed by atoms with Crippen molar-refractivity contribution in [2.45, 2.75) is 58.2 Å². The molecule has 6 nitrogen and oxygen atoms in total. The Morgan fingerprint density at radius 2 is 1.96 bits per heavy atom. The van der Waals surface area contributed by atoms with Crippen LogP contribution < -0.4 is 10.1 Å². The summed E-state index contributed by atoms with van der Waals surface area (Å²) in [5.74, 6) is 0.377. The molecule has 1 N–H and O–H groups in total. The number of methoxy groups -OCH3 is 1. The maximum atomic E-state index is 12.7. The predicted molar refractivity (Wildman–Crippen MR) is 95.7 cm³/mol. The van der Waals surface area contributed by atoms with E-state index in [2.05, 4.69) is 5.32 Å². The molecule has 138 valence electrons. The van der Waals surface area contributed by atoms with Crippen molar-refractivity contribution in [3.05, 3.63) is 29.8 Å². The Morgan fingerprint density at radius 1 is 1.24 bits per heavy atom. The number of carbonyl (C=O) groups excluding carboxylic acids is 2. The fourth-order valence-corrected chi connectivity index (χ4v) is 2.94. The number of likely N-dealkylation sites (tertiary alicyclic amines) is 1. The van der Waals surface area contributed by atoms with E-state index in [9.17, 15) is 9.59 Å². The quantitative estimate of drug-likeness (QED) is 0.907. The highest BCUT2D eigenvalue weighted by Crippen LogP contribution is 2.28. The first-order chi connectivity index (χ1) is 11.6. The summed E-state index contributed by atoms with van der Waals surface area (Å²) in [5.41, 5.74) is -0.859. The van der Waals surface area contributed by atoms with E-state index in [4.69, 9.17) is 9.47 Å². The van der Waals surface area contributed by atoms with Crippen molar-refractivity contribution < 1.29 is 19.1 Å². The molecule has 1 fully saturated rings. The number of amides is 2. The number of rotatable bonds is 3. The molecule has 1 saturated heterocycles. The molecule has 0 saturated carbocycles. The number of hydrogen-bond acceptors (Lipinski definition) is 4. The number of carbonyl (C=O) groups is 2. The first-order valence-electron chi connectivity index (χ1n) is 8.62. The molecule has 1 atom stereocenters. The van der Waals surface area contributed by atoms with Crippen molar-refractivity contribution in [2.75, 3.05) is 13.7 Å². The maximum absolute atomic E-state index is 12.7. The largest absolute Gasteiger partial charge is 0.497 e. The third kappa shape index (κ3) is 4.87. The summed E-state index contributed by atoms with van der Waals surface area (Å²) in [6.07, 6.45) is 2.11. The average Bonchev–Trinajstić information content (AvgIpc) is 2.53. The smallest absolute Gasteiger partial charge is 0.412 e. The van der Waals surface area contributed by atoms with Gasteiger partial charge in [0.05, 0.1) is 7.11 Å². The van der Waals surface area contributed by atoms with Gasteiger partial charge in [0, 0.05) is 12.1 Å². The van der Waals surface area contributed by atoms with Gasteiger partial charge in [0.2, 0.25) is 0 Å². The molecule has 1 heterocycles. The molecule has 0 spiro atoms. The molecule has 1 aliphatic rings. The Morgan fingerprint density at radius 3 is 2.60 bits per heavy atom. The Balaban J connectivity index is 2.18. The highest BCUT2D eigenvalue weighted by Gasteiger charge is 2.40. The van der Waals surface area contributed by atoms with Gasteiger partial charge >= 0.3 is 6.09 Å². The molecule has 0 radical (unpaired) electrons. The number of nitrogens with one attached hydrogen (secondary N) is 1. The summed E-state index contributed by atoms with van der Waals surface area (Å²) in [6, 6.07) is 6.95. The molecule has 6 heteroatoms. The standard InChI is InChI=1S/C19H28N2O4/c1-18(2,3)25-17(23)21-12-7-6-11-19(21,4)20-16(22)14-9-8-10-15(13-14)24-5/h8-10,13H,6-7,11-12H2,1-5H3,(H,20,22). The predicted octanol–water partition coefficient (Wildman–Crippen LogP) is 3.56. The number of ether oxygens (including phenoxy) is 2. The molecule has 1 aromatic carbocycles. The number of nitrogens with zero attached hydrogens (tertiary/aromatic N) is 1. The van der Waals surface area contributed by atoms with Crippen molar-refractivity contribution in [1.29, 1.82) is 0 Å². The second kappa shape index (κ2) is 7.33. The second-order valence-electron chi connectivity index (χ2n) is 7.55. The van der Waals surface area contributed by atoms with Crippen molar-refractivity contribution in [3.8, 4) is 5.75 Å². The third-order valence-electron chi connectivity index (χ3n) is 4.22. The average molecular weight is 348 g/mol. The van der Waals surface area contributed by atoms with E-state index in [-0.39, 0.29) is 5.91 Å². The molecule has 2 amide bonds. The number of benzene rings is 1. The lowest BCUT2D eigenvalue weighted by atomic mass is 9.96. The van der Waals surface area contributed by atoms with Crippen molar-refractivity contribution in [3.63, 3.8) is 0 Å².